The third-order valence-corrected chi connectivity index (χ3v) is 2.95. The van der Waals surface area contributed by atoms with E-state index in [0.717, 1.165) is 23.2 Å². The number of furan rings is 1. The van der Waals surface area contributed by atoms with Crippen molar-refractivity contribution in [1.82, 2.24) is 5.32 Å². The quantitative estimate of drug-likeness (QED) is 0.765. The first-order chi connectivity index (χ1) is 8.72. The second-order valence-corrected chi connectivity index (χ2v) is 4.25. The molecule has 0 aliphatic heterocycles. The molecule has 18 heavy (non-hydrogen) atoms. The summed E-state index contributed by atoms with van der Waals surface area (Å²) < 4.78 is 5.79. The fourth-order valence-electron chi connectivity index (χ4n) is 2.05. The Morgan fingerprint density at radius 3 is 2.89 bits per heavy atom. The normalized spacial score (nSPS) is 10.9. The van der Waals surface area contributed by atoms with Crippen molar-refractivity contribution in [2.24, 2.45) is 5.73 Å². The van der Waals surface area contributed by atoms with E-state index in [1.54, 1.807) is 0 Å². The van der Waals surface area contributed by atoms with Gasteiger partial charge < -0.3 is 15.5 Å². The molecule has 0 atom stereocenters. The van der Waals surface area contributed by atoms with Crippen LogP contribution in [0.25, 0.3) is 11.0 Å². The summed E-state index contributed by atoms with van der Waals surface area (Å²) in [5, 5.41) is 4.36. The molecule has 1 aromatic heterocycles. The number of hydrogen-bond acceptors (Lipinski definition) is 3. The van der Waals surface area contributed by atoms with Gasteiger partial charge in [0.25, 0.3) is 0 Å². The lowest BCUT2D eigenvalue weighted by atomic mass is 10.1. The van der Waals surface area contributed by atoms with Crippen molar-refractivity contribution < 1.29 is 9.21 Å². The van der Waals surface area contributed by atoms with Crippen LogP contribution in [0, 0.1) is 0 Å². The summed E-state index contributed by atoms with van der Waals surface area (Å²) in [6, 6.07) is 8.00. The van der Waals surface area contributed by atoms with Crippen molar-refractivity contribution in [2.75, 3.05) is 6.54 Å². The first-order valence-electron chi connectivity index (χ1n) is 6.20. The zero-order chi connectivity index (χ0) is 13.0. The molecule has 96 valence electrons. The van der Waals surface area contributed by atoms with Crippen molar-refractivity contribution in [3.63, 3.8) is 0 Å². The third kappa shape index (κ3) is 2.71. The molecular weight excluding hydrogens is 228 g/mol. The van der Waals surface area contributed by atoms with Crippen molar-refractivity contribution in [3.05, 3.63) is 35.6 Å². The van der Waals surface area contributed by atoms with Crippen molar-refractivity contribution >= 4 is 16.9 Å². The van der Waals surface area contributed by atoms with Gasteiger partial charge in [-0.15, -0.1) is 0 Å². The Kier molecular flexibility index (Phi) is 3.99. The molecular formula is C14H18N2O2. The van der Waals surface area contributed by atoms with Crippen LogP contribution in [0.2, 0.25) is 0 Å². The van der Waals surface area contributed by atoms with Gasteiger partial charge in [-0.1, -0.05) is 25.1 Å². The number of aryl methyl sites for hydroxylation is 1. The van der Waals surface area contributed by atoms with Gasteiger partial charge in [-0.3, -0.25) is 4.79 Å². The van der Waals surface area contributed by atoms with E-state index in [9.17, 15) is 4.79 Å². The Morgan fingerprint density at radius 2 is 2.17 bits per heavy atom. The molecule has 0 aliphatic rings. The summed E-state index contributed by atoms with van der Waals surface area (Å²) in [5.41, 5.74) is 7.20. The van der Waals surface area contributed by atoms with E-state index in [-0.39, 0.29) is 5.91 Å². The number of carbonyl (C=O) groups is 1. The van der Waals surface area contributed by atoms with Crippen molar-refractivity contribution in [3.8, 4) is 0 Å². The molecule has 0 bridgehead atoms. The maximum atomic E-state index is 10.7. The summed E-state index contributed by atoms with van der Waals surface area (Å²) >= 11 is 0. The lowest BCUT2D eigenvalue weighted by molar-refractivity contribution is -0.117. The Hall–Kier alpha value is -1.81. The molecule has 0 radical (unpaired) electrons. The molecule has 4 nitrogen and oxygen atoms in total. The van der Waals surface area contributed by atoms with Crippen molar-refractivity contribution in [1.29, 1.82) is 0 Å². The second-order valence-electron chi connectivity index (χ2n) is 4.25. The first-order valence-corrected chi connectivity index (χ1v) is 6.20. The highest BCUT2D eigenvalue weighted by molar-refractivity contribution is 5.82. The number of amides is 1. The largest absolute Gasteiger partial charge is 0.461 e. The summed E-state index contributed by atoms with van der Waals surface area (Å²) in [7, 11) is 0. The molecule has 3 N–H and O–H groups in total. The number of rotatable bonds is 6. The van der Waals surface area contributed by atoms with Gasteiger partial charge >= 0.3 is 0 Å². The van der Waals surface area contributed by atoms with Gasteiger partial charge in [0, 0.05) is 36.9 Å². The Bertz CT molecular complexity index is 546. The minimum Gasteiger partial charge on any atom is -0.461 e. The smallest absolute Gasteiger partial charge is 0.218 e. The van der Waals surface area contributed by atoms with E-state index in [2.05, 4.69) is 18.3 Å². The van der Waals surface area contributed by atoms with E-state index >= 15 is 0 Å². The van der Waals surface area contributed by atoms with Crippen LogP contribution in [0.3, 0.4) is 0 Å². The number of carbonyl (C=O) groups excluding carboxylic acids is 1. The zero-order valence-corrected chi connectivity index (χ0v) is 10.5. The van der Waals surface area contributed by atoms with Crippen LogP contribution in [0.15, 0.2) is 28.7 Å². The summed E-state index contributed by atoms with van der Waals surface area (Å²) in [5.74, 6) is 0.720. The predicted octanol–water partition coefficient (Wildman–Crippen LogP) is 1.96. The summed E-state index contributed by atoms with van der Waals surface area (Å²) in [4.78, 5) is 10.7. The number of hydrogen-bond donors (Lipinski definition) is 2. The molecule has 0 saturated carbocycles. The van der Waals surface area contributed by atoms with Crippen LogP contribution in [0.5, 0.6) is 0 Å². The number of fused-ring (bicyclic) bond motifs is 1. The van der Waals surface area contributed by atoms with E-state index < -0.39 is 0 Å². The number of benzene rings is 1. The SMILES string of the molecule is CCc1oc2ccccc2c1CNCCC(N)=O. The molecule has 1 aromatic carbocycles. The van der Waals surface area contributed by atoms with Gasteiger partial charge in [-0.05, 0) is 6.07 Å². The topological polar surface area (TPSA) is 68.3 Å². The molecule has 4 heteroatoms. The highest BCUT2D eigenvalue weighted by Gasteiger charge is 2.11. The van der Waals surface area contributed by atoms with Crippen LogP contribution in [0.1, 0.15) is 24.7 Å². The summed E-state index contributed by atoms with van der Waals surface area (Å²) in [6.45, 7) is 3.37. The molecule has 1 amide bonds. The van der Waals surface area contributed by atoms with E-state index in [0.29, 0.717) is 19.5 Å². The Balaban J connectivity index is 2.13. The minimum atomic E-state index is -0.282. The molecule has 0 unspecified atom stereocenters. The molecule has 2 aromatic rings. The maximum absolute atomic E-state index is 10.7. The molecule has 0 spiro atoms. The van der Waals surface area contributed by atoms with Gasteiger partial charge in [0.15, 0.2) is 0 Å². The monoisotopic (exact) mass is 246 g/mol. The lowest BCUT2D eigenvalue weighted by Gasteiger charge is -2.03. The molecule has 0 saturated heterocycles. The highest BCUT2D eigenvalue weighted by atomic mass is 16.3. The molecule has 0 fully saturated rings. The van der Waals surface area contributed by atoms with Gasteiger partial charge in [0.05, 0.1) is 0 Å². The number of primary amides is 1. The molecule has 1 heterocycles. The van der Waals surface area contributed by atoms with E-state index in [1.165, 1.54) is 5.56 Å². The molecule has 2 rings (SSSR count). The van der Waals surface area contributed by atoms with Crippen LogP contribution < -0.4 is 11.1 Å². The van der Waals surface area contributed by atoms with Crippen molar-refractivity contribution in [2.45, 2.75) is 26.3 Å². The van der Waals surface area contributed by atoms with Gasteiger partial charge in [-0.2, -0.15) is 0 Å². The Morgan fingerprint density at radius 1 is 1.39 bits per heavy atom. The first kappa shape index (κ1) is 12.6. The lowest BCUT2D eigenvalue weighted by Crippen LogP contribution is -2.21. The average Bonchev–Trinajstić information content (AvgIpc) is 2.72. The standard InChI is InChI=1S/C14H18N2O2/c1-2-12-11(9-16-8-7-14(15)17)10-5-3-4-6-13(10)18-12/h3-6,16H,2,7-9H2,1H3,(H2,15,17). The van der Waals surface area contributed by atoms with E-state index in [4.69, 9.17) is 10.2 Å². The predicted molar refractivity (Wildman–Crippen MR) is 71.1 cm³/mol. The van der Waals surface area contributed by atoms with Crippen LogP contribution >= 0.6 is 0 Å². The number of nitrogens with two attached hydrogens (primary N) is 1. The minimum absolute atomic E-state index is 0.282. The van der Waals surface area contributed by atoms with Gasteiger partial charge in [-0.25, -0.2) is 0 Å². The summed E-state index contributed by atoms with van der Waals surface area (Å²) in [6.07, 6.45) is 1.22. The highest BCUT2D eigenvalue weighted by Crippen LogP contribution is 2.25. The van der Waals surface area contributed by atoms with E-state index in [1.807, 2.05) is 18.2 Å². The fourth-order valence-corrected chi connectivity index (χ4v) is 2.05. The van der Waals surface area contributed by atoms with Gasteiger partial charge in [0.1, 0.15) is 11.3 Å². The van der Waals surface area contributed by atoms with Crippen LogP contribution in [-0.2, 0) is 17.8 Å². The van der Waals surface area contributed by atoms with Crippen LogP contribution in [-0.4, -0.2) is 12.5 Å². The number of para-hydroxylation sites is 1. The maximum Gasteiger partial charge on any atom is 0.218 e. The van der Waals surface area contributed by atoms with Gasteiger partial charge in [0.2, 0.25) is 5.91 Å². The Labute approximate surface area is 106 Å². The fraction of sp³-hybridized carbons (Fsp3) is 0.357. The molecule has 0 aliphatic carbocycles. The second kappa shape index (κ2) is 5.69. The number of nitrogens with one attached hydrogen (secondary N) is 1. The third-order valence-electron chi connectivity index (χ3n) is 2.95. The zero-order valence-electron chi connectivity index (χ0n) is 10.5. The average molecular weight is 246 g/mol. The van der Waals surface area contributed by atoms with Crippen LogP contribution in [0.4, 0.5) is 0 Å².